The molecule has 36 heavy (non-hydrogen) atoms. The second kappa shape index (κ2) is 9.38. The first kappa shape index (κ1) is 22.2. The van der Waals surface area contributed by atoms with Gasteiger partial charge >= 0.3 is 0 Å². The van der Waals surface area contributed by atoms with Gasteiger partial charge in [-0.15, -0.1) is 0 Å². The highest BCUT2D eigenvalue weighted by Crippen LogP contribution is 2.41. The molecule has 1 aromatic heterocycles. The van der Waals surface area contributed by atoms with Gasteiger partial charge in [-0.3, -0.25) is 0 Å². The minimum atomic E-state index is 0.741. The van der Waals surface area contributed by atoms with Gasteiger partial charge in [0.25, 0.3) is 0 Å². The fraction of sp³-hybridized carbons (Fsp3) is 0.156. The topological polar surface area (TPSA) is 41.3 Å². The molecular weight excluding hydrogens is 442 g/mol. The SMILES string of the molecule is Cc1noc(-c2ccc(-c3ccc(C4CC4)cc3)cc2)c1Nc1cccc(N(C)c2ccccc2)c1. The Kier molecular flexibility index (Phi) is 5.78. The molecule has 1 aliphatic carbocycles. The lowest BCUT2D eigenvalue weighted by molar-refractivity contribution is 0.427. The average molecular weight is 472 g/mol. The zero-order valence-electron chi connectivity index (χ0n) is 20.6. The highest BCUT2D eigenvalue weighted by molar-refractivity contribution is 5.81. The normalized spacial score (nSPS) is 12.9. The van der Waals surface area contributed by atoms with E-state index in [1.165, 1.54) is 29.5 Å². The zero-order valence-corrected chi connectivity index (χ0v) is 20.6. The Balaban J connectivity index is 1.24. The number of aryl methyl sites for hydroxylation is 1. The van der Waals surface area contributed by atoms with Crippen LogP contribution < -0.4 is 10.2 Å². The van der Waals surface area contributed by atoms with Gasteiger partial charge in [-0.2, -0.15) is 0 Å². The molecule has 0 spiro atoms. The predicted octanol–water partition coefficient (Wildman–Crippen LogP) is 8.71. The van der Waals surface area contributed by atoms with Crippen LogP contribution in [0.2, 0.25) is 0 Å². The van der Waals surface area contributed by atoms with Crippen LogP contribution in [-0.4, -0.2) is 12.2 Å². The van der Waals surface area contributed by atoms with E-state index >= 15 is 0 Å². The monoisotopic (exact) mass is 471 g/mol. The average Bonchev–Trinajstić information content (AvgIpc) is 3.73. The van der Waals surface area contributed by atoms with Gasteiger partial charge in [-0.05, 0) is 72.7 Å². The molecule has 1 aliphatic rings. The lowest BCUT2D eigenvalue weighted by Gasteiger charge is -2.20. The number of nitrogens with one attached hydrogen (secondary N) is 1. The Morgan fingerprint density at radius 1 is 0.750 bits per heavy atom. The highest BCUT2D eigenvalue weighted by Gasteiger charge is 2.23. The van der Waals surface area contributed by atoms with Gasteiger partial charge in [0.15, 0.2) is 5.76 Å². The van der Waals surface area contributed by atoms with E-state index in [0.29, 0.717) is 0 Å². The van der Waals surface area contributed by atoms with Gasteiger partial charge in [0, 0.05) is 29.7 Å². The molecule has 0 unspecified atom stereocenters. The molecule has 1 fully saturated rings. The highest BCUT2D eigenvalue weighted by atomic mass is 16.5. The number of para-hydroxylation sites is 1. The molecule has 1 N–H and O–H groups in total. The Morgan fingerprint density at radius 2 is 1.39 bits per heavy atom. The van der Waals surface area contributed by atoms with Crippen molar-refractivity contribution in [1.29, 1.82) is 0 Å². The molecule has 1 heterocycles. The maximum Gasteiger partial charge on any atom is 0.190 e. The standard InChI is InChI=1S/C32H29N3O/c1-22-31(33-28-7-6-10-30(21-28)35(2)29-8-4-3-5-9-29)32(36-34-22)27-19-17-26(18-20-27)25-15-13-24(14-16-25)23-11-12-23/h3-10,13-21,23,33H,11-12H2,1-2H3. The third-order valence-electron chi connectivity index (χ3n) is 6.95. The van der Waals surface area contributed by atoms with Crippen molar-refractivity contribution in [1.82, 2.24) is 5.16 Å². The van der Waals surface area contributed by atoms with Crippen molar-refractivity contribution >= 4 is 22.7 Å². The minimum absolute atomic E-state index is 0.741. The molecular formula is C32H29N3O. The number of rotatable bonds is 7. The molecule has 0 amide bonds. The van der Waals surface area contributed by atoms with Crippen LogP contribution >= 0.6 is 0 Å². The van der Waals surface area contributed by atoms with Crippen LogP contribution in [0.25, 0.3) is 22.5 Å². The number of nitrogens with zero attached hydrogens (tertiary/aromatic N) is 2. The lowest BCUT2D eigenvalue weighted by atomic mass is 10.0. The molecule has 0 bridgehead atoms. The van der Waals surface area contributed by atoms with E-state index in [2.05, 4.69) is 119 Å². The van der Waals surface area contributed by atoms with Crippen LogP contribution in [0.3, 0.4) is 0 Å². The molecule has 0 radical (unpaired) electrons. The Labute approximate surface area is 212 Å². The maximum atomic E-state index is 5.77. The molecule has 0 saturated heterocycles. The third-order valence-corrected chi connectivity index (χ3v) is 6.95. The summed E-state index contributed by atoms with van der Waals surface area (Å²) < 4.78 is 5.77. The van der Waals surface area contributed by atoms with E-state index in [0.717, 1.165) is 45.7 Å². The van der Waals surface area contributed by atoms with Gasteiger partial charge in [0.05, 0.1) is 0 Å². The van der Waals surface area contributed by atoms with Crippen molar-refractivity contribution in [2.75, 3.05) is 17.3 Å². The smallest absolute Gasteiger partial charge is 0.190 e. The summed E-state index contributed by atoms with van der Waals surface area (Å²) in [7, 11) is 2.07. The van der Waals surface area contributed by atoms with E-state index in [1.807, 2.05) is 13.0 Å². The van der Waals surface area contributed by atoms with Crippen molar-refractivity contribution < 1.29 is 4.52 Å². The number of anilines is 4. The van der Waals surface area contributed by atoms with Crippen LogP contribution in [0.4, 0.5) is 22.7 Å². The molecule has 0 atom stereocenters. The summed E-state index contributed by atoms with van der Waals surface area (Å²) in [5.74, 6) is 1.52. The summed E-state index contributed by atoms with van der Waals surface area (Å²) in [6.45, 7) is 1.96. The second-order valence-electron chi connectivity index (χ2n) is 9.52. The second-order valence-corrected chi connectivity index (χ2v) is 9.52. The van der Waals surface area contributed by atoms with E-state index in [-0.39, 0.29) is 0 Å². The molecule has 5 aromatic rings. The number of aromatic nitrogens is 1. The van der Waals surface area contributed by atoms with Gasteiger partial charge < -0.3 is 14.7 Å². The Bertz CT molecular complexity index is 1470. The lowest BCUT2D eigenvalue weighted by Crippen LogP contribution is -2.09. The van der Waals surface area contributed by atoms with Crippen molar-refractivity contribution in [3.05, 3.63) is 114 Å². The minimum Gasteiger partial charge on any atom is -0.354 e. The number of benzene rings is 4. The third kappa shape index (κ3) is 4.50. The van der Waals surface area contributed by atoms with Crippen LogP contribution in [0.15, 0.2) is 108 Å². The predicted molar refractivity (Wildman–Crippen MR) is 148 cm³/mol. The van der Waals surface area contributed by atoms with E-state index in [1.54, 1.807) is 0 Å². The first-order valence-electron chi connectivity index (χ1n) is 12.5. The maximum absolute atomic E-state index is 5.77. The molecule has 0 aliphatic heterocycles. The summed E-state index contributed by atoms with van der Waals surface area (Å²) in [6.07, 6.45) is 2.66. The van der Waals surface area contributed by atoms with Crippen molar-refractivity contribution in [3.8, 4) is 22.5 Å². The Hall–Kier alpha value is -4.31. The summed E-state index contributed by atoms with van der Waals surface area (Å²) in [4.78, 5) is 2.17. The molecule has 4 nitrogen and oxygen atoms in total. The molecule has 4 heteroatoms. The number of hydrogen-bond donors (Lipinski definition) is 1. The number of hydrogen-bond acceptors (Lipinski definition) is 4. The van der Waals surface area contributed by atoms with Crippen LogP contribution in [0, 0.1) is 6.92 Å². The van der Waals surface area contributed by atoms with Crippen LogP contribution in [0.1, 0.15) is 30.0 Å². The fourth-order valence-corrected chi connectivity index (χ4v) is 4.63. The molecule has 6 rings (SSSR count). The van der Waals surface area contributed by atoms with Gasteiger partial charge in [0.1, 0.15) is 11.4 Å². The molecule has 1 saturated carbocycles. The van der Waals surface area contributed by atoms with Gasteiger partial charge in [0.2, 0.25) is 0 Å². The quantitative estimate of drug-likeness (QED) is 0.258. The first-order chi connectivity index (χ1) is 17.7. The largest absolute Gasteiger partial charge is 0.354 e. The van der Waals surface area contributed by atoms with E-state index in [9.17, 15) is 0 Å². The van der Waals surface area contributed by atoms with Crippen molar-refractivity contribution in [3.63, 3.8) is 0 Å². The van der Waals surface area contributed by atoms with E-state index in [4.69, 9.17) is 4.52 Å². The summed E-state index contributed by atoms with van der Waals surface area (Å²) in [5.41, 5.74) is 9.81. The fourth-order valence-electron chi connectivity index (χ4n) is 4.63. The van der Waals surface area contributed by atoms with Crippen LogP contribution in [0.5, 0.6) is 0 Å². The summed E-state index contributed by atoms with van der Waals surface area (Å²) in [5, 5.41) is 7.81. The Morgan fingerprint density at radius 3 is 2.08 bits per heavy atom. The van der Waals surface area contributed by atoms with Crippen molar-refractivity contribution in [2.24, 2.45) is 0 Å². The molecule has 178 valence electrons. The van der Waals surface area contributed by atoms with Gasteiger partial charge in [-0.1, -0.05) is 78.0 Å². The summed E-state index contributed by atoms with van der Waals surface area (Å²) >= 11 is 0. The van der Waals surface area contributed by atoms with Crippen LogP contribution in [-0.2, 0) is 0 Å². The van der Waals surface area contributed by atoms with Gasteiger partial charge in [-0.25, -0.2) is 0 Å². The summed E-state index contributed by atoms with van der Waals surface area (Å²) in [6, 6.07) is 36.2. The molecule has 4 aromatic carbocycles. The van der Waals surface area contributed by atoms with E-state index < -0.39 is 0 Å². The van der Waals surface area contributed by atoms with Crippen molar-refractivity contribution in [2.45, 2.75) is 25.7 Å². The zero-order chi connectivity index (χ0) is 24.5. The first-order valence-corrected chi connectivity index (χ1v) is 12.5.